The highest BCUT2D eigenvalue weighted by Crippen LogP contribution is 2.33. The summed E-state index contributed by atoms with van der Waals surface area (Å²) in [5.74, 6) is 1.57. The van der Waals surface area contributed by atoms with Crippen LogP contribution in [0.3, 0.4) is 0 Å². The van der Waals surface area contributed by atoms with Crippen molar-refractivity contribution in [3.8, 4) is 28.7 Å². The molecule has 12 heteroatoms. The van der Waals surface area contributed by atoms with Crippen molar-refractivity contribution in [2.75, 3.05) is 31.3 Å². The standard InChI is InChI=1S/C22H31N9O3/c1-7-34-21(32)27-12(2)10-26-20-24-9-8-13(29-20)15-16(31-19(30-15)22(3,4)5)14-11-25-17(23)18(28-14)33-6/h8-9,11-12H,7,10H2,1-6H3,(H2,23,25)(H,27,32)(H,30,31)(H,24,26,29). The van der Waals surface area contributed by atoms with Crippen LogP contribution < -0.4 is 21.1 Å². The molecule has 12 nitrogen and oxygen atoms in total. The van der Waals surface area contributed by atoms with Crippen LogP contribution >= 0.6 is 0 Å². The van der Waals surface area contributed by atoms with Gasteiger partial charge in [0.05, 0.1) is 31.3 Å². The largest absolute Gasteiger partial charge is 0.478 e. The Hall–Kier alpha value is -3.96. The average Bonchev–Trinajstić information content (AvgIpc) is 3.24. The maximum Gasteiger partial charge on any atom is 0.407 e. The zero-order valence-corrected chi connectivity index (χ0v) is 20.3. The predicted octanol–water partition coefficient (Wildman–Crippen LogP) is 2.76. The molecule has 1 amide bonds. The van der Waals surface area contributed by atoms with Crippen molar-refractivity contribution in [1.82, 2.24) is 35.2 Å². The van der Waals surface area contributed by atoms with Gasteiger partial charge in [-0.15, -0.1) is 0 Å². The van der Waals surface area contributed by atoms with Crippen LogP contribution in [0.25, 0.3) is 22.8 Å². The Balaban J connectivity index is 1.92. The highest BCUT2D eigenvalue weighted by atomic mass is 16.5. The highest BCUT2D eigenvalue weighted by molar-refractivity contribution is 5.75. The molecule has 0 fully saturated rings. The zero-order valence-electron chi connectivity index (χ0n) is 20.3. The molecule has 1 unspecified atom stereocenters. The summed E-state index contributed by atoms with van der Waals surface area (Å²) < 4.78 is 10.1. The fourth-order valence-electron chi connectivity index (χ4n) is 3.00. The van der Waals surface area contributed by atoms with E-state index in [0.717, 1.165) is 5.82 Å². The van der Waals surface area contributed by atoms with E-state index in [1.54, 1.807) is 25.4 Å². The third-order valence-electron chi connectivity index (χ3n) is 4.73. The first-order chi connectivity index (χ1) is 16.1. The summed E-state index contributed by atoms with van der Waals surface area (Å²) in [5.41, 5.74) is 7.92. The van der Waals surface area contributed by atoms with Gasteiger partial charge in [0.15, 0.2) is 5.82 Å². The lowest BCUT2D eigenvalue weighted by Crippen LogP contribution is -2.37. The minimum absolute atomic E-state index is 0.193. The molecule has 1 atom stereocenters. The number of nitrogens with zero attached hydrogens (tertiary/aromatic N) is 5. The van der Waals surface area contributed by atoms with Crippen LogP contribution in [0.15, 0.2) is 18.5 Å². The molecule has 3 rings (SSSR count). The van der Waals surface area contributed by atoms with Gasteiger partial charge in [-0.3, -0.25) is 0 Å². The van der Waals surface area contributed by atoms with Crippen LogP contribution in [0, 0.1) is 0 Å². The molecule has 3 aromatic rings. The second-order valence-electron chi connectivity index (χ2n) is 8.62. The van der Waals surface area contributed by atoms with E-state index in [0.29, 0.717) is 41.9 Å². The fraction of sp³-hybridized carbons (Fsp3) is 0.455. The molecule has 3 heterocycles. The summed E-state index contributed by atoms with van der Waals surface area (Å²) in [4.78, 5) is 37.3. The molecule has 0 bridgehead atoms. The SMILES string of the molecule is CCOC(=O)NC(C)CNc1nccc(-c2[nH]c(C(C)(C)C)nc2-c2cnc(N)c(OC)n2)n1. The van der Waals surface area contributed by atoms with E-state index >= 15 is 0 Å². The minimum Gasteiger partial charge on any atom is -0.478 e. The smallest absolute Gasteiger partial charge is 0.407 e. The topological polar surface area (TPSA) is 166 Å². The second kappa shape index (κ2) is 10.3. The molecule has 34 heavy (non-hydrogen) atoms. The van der Waals surface area contributed by atoms with Crippen LogP contribution in [-0.2, 0) is 10.2 Å². The monoisotopic (exact) mass is 469 g/mol. The number of imidazole rings is 1. The van der Waals surface area contributed by atoms with Gasteiger partial charge in [-0.1, -0.05) is 20.8 Å². The third-order valence-corrected chi connectivity index (χ3v) is 4.73. The van der Waals surface area contributed by atoms with Gasteiger partial charge < -0.3 is 30.8 Å². The summed E-state index contributed by atoms with van der Waals surface area (Å²) in [6, 6.07) is 1.58. The van der Waals surface area contributed by atoms with E-state index < -0.39 is 6.09 Å². The number of carbonyl (C=O) groups excluding carboxylic acids is 1. The van der Waals surface area contributed by atoms with Crippen LogP contribution in [0.1, 0.15) is 40.4 Å². The molecule has 5 N–H and O–H groups in total. The molecule has 0 saturated carbocycles. The molecular weight excluding hydrogens is 438 g/mol. The van der Waals surface area contributed by atoms with Crippen molar-refractivity contribution < 1.29 is 14.3 Å². The number of carbonyl (C=O) groups is 1. The van der Waals surface area contributed by atoms with Crippen LogP contribution in [0.2, 0.25) is 0 Å². The van der Waals surface area contributed by atoms with Gasteiger partial charge in [-0.2, -0.15) is 0 Å². The van der Waals surface area contributed by atoms with Crippen molar-refractivity contribution in [1.29, 1.82) is 0 Å². The normalized spacial score (nSPS) is 12.2. The van der Waals surface area contributed by atoms with Crippen LogP contribution in [0.5, 0.6) is 5.88 Å². The first-order valence-corrected chi connectivity index (χ1v) is 10.9. The molecule has 0 radical (unpaired) electrons. The van der Waals surface area contributed by atoms with Crippen LogP contribution in [-0.4, -0.2) is 62.3 Å². The first-order valence-electron chi connectivity index (χ1n) is 10.9. The van der Waals surface area contributed by atoms with Crippen molar-refractivity contribution in [2.24, 2.45) is 0 Å². The van der Waals surface area contributed by atoms with Crippen molar-refractivity contribution in [2.45, 2.75) is 46.1 Å². The number of H-pyrrole nitrogens is 1. The Morgan fingerprint density at radius 2 is 1.97 bits per heavy atom. The van der Waals surface area contributed by atoms with Gasteiger partial charge in [0.2, 0.25) is 5.95 Å². The Morgan fingerprint density at radius 1 is 1.21 bits per heavy atom. The Kier molecular flexibility index (Phi) is 7.49. The highest BCUT2D eigenvalue weighted by Gasteiger charge is 2.24. The number of alkyl carbamates (subject to hydrolysis) is 1. The quantitative estimate of drug-likeness (QED) is 0.385. The summed E-state index contributed by atoms with van der Waals surface area (Å²) in [7, 11) is 1.48. The summed E-state index contributed by atoms with van der Waals surface area (Å²) >= 11 is 0. The van der Waals surface area contributed by atoms with Crippen molar-refractivity contribution >= 4 is 17.9 Å². The summed E-state index contributed by atoms with van der Waals surface area (Å²) in [6.07, 6.45) is 2.72. The molecule has 0 aliphatic carbocycles. The van der Waals surface area contributed by atoms with Gasteiger partial charge in [-0.05, 0) is 19.9 Å². The number of rotatable bonds is 8. The lowest BCUT2D eigenvalue weighted by atomic mass is 9.96. The maximum atomic E-state index is 11.6. The third kappa shape index (κ3) is 5.88. The van der Waals surface area contributed by atoms with E-state index in [9.17, 15) is 4.79 Å². The zero-order chi connectivity index (χ0) is 24.9. The number of nitrogens with two attached hydrogens (primary N) is 1. The maximum absolute atomic E-state index is 11.6. The number of hydrogen-bond acceptors (Lipinski definition) is 10. The molecule has 3 aromatic heterocycles. The van der Waals surface area contributed by atoms with E-state index in [2.05, 4.69) is 56.3 Å². The fourth-order valence-corrected chi connectivity index (χ4v) is 3.00. The van der Waals surface area contributed by atoms with E-state index in [4.69, 9.17) is 20.2 Å². The second-order valence-corrected chi connectivity index (χ2v) is 8.62. The number of nitrogens with one attached hydrogen (secondary N) is 3. The average molecular weight is 470 g/mol. The molecule has 0 spiro atoms. The Labute approximate surface area is 198 Å². The minimum atomic E-state index is -0.469. The number of ether oxygens (including phenoxy) is 2. The van der Waals surface area contributed by atoms with E-state index in [-0.39, 0.29) is 23.2 Å². The number of aromatic nitrogens is 6. The molecule has 0 aliphatic rings. The molecular formula is C22H31N9O3. The van der Waals surface area contributed by atoms with Gasteiger partial charge in [0.25, 0.3) is 5.88 Å². The number of aromatic amines is 1. The molecule has 0 aromatic carbocycles. The van der Waals surface area contributed by atoms with E-state index in [1.807, 2.05) is 6.92 Å². The Morgan fingerprint density at radius 3 is 2.65 bits per heavy atom. The van der Waals surface area contributed by atoms with Crippen molar-refractivity contribution in [3.05, 3.63) is 24.3 Å². The lowest BCUT2D eigenvalue weighted by molar-refractivity contribution is 0.149. The van der Waals surface area contributed by atoms with E-state index in [1.165, 1.54) is 7.11 Å². The number of nitrogen functional groups attached to an aromatic ring is 1. The van der Waals surface area contributed by atoms with Gasteiger partial charge in [0.1, 0.15) is 17.2 Å². The summed E-state index contributed by atoms with van der Waals surface area (Å²) in [5, 5.41) is 5.86. The number of hydrogen-bond donors (Lipinski definition) is 4. The number of methoxy groups -OCH3 is 1. The van der Waals surface area contributed by atoms with Gasteiger partial charge in [0, 0.05) is 24.2 Å². The van der Waals surface area contributed by atoms with Gasteiger partial charge >= 0.3 is 6.09 Å². The number of amides is 1. The predicted molar refractivity (Wildman–Crippen MR) is 128 cm³/mol. The van der Waals surface area contributed by atoms with Crippen LogP contribution in [0.4, 0.5) is 16.6 Å². The van der Waals surface area contributed by atoms with Gasteiger partial charge in [-0.25, -0.2) is 29.7 Å². The molecule has 0 saturated heterocycles. The number of anilines is 2. The molecule has 182 valence electrons. The lowest BCUT2D eigenvalue weighted by Gasteiger charge is -2.15. The van der Waals surface area contributed by atoms with Crippen molar-refractivity contribution in [3.63, 3.8) is 0 Å². The molecule has 0 aliphatic heterocycles. The Bertz CT molecular complexity index is 1140. The summed E-state index contributed by atoms with van der Waals surface area (Å²) in [6.45, 7) is 10.5. The first kappa shape index (κ1) is 24.7.